The van der Waals surface area contributed by atoms with E-state index < -0.39 is 11.7 Å². The summed E-state index contributed by atoms with van der Waals surface area (Å²) in [5.41, 5.74) is 2.02. The summed E-state index contributed by atoms with van der Waals surface area (Å²) in [4.78, 5) is 26.2. The van der Waals surface area contributed by atoms with Gasteiger partial charge in [0.2, 0.25) is 5.91 Å². The molecular formula is C23H27FN2O3. The number of rotatable bonds is 5. The summed E-state index contributed by atoms with van der Waals surface area (Å²) < 4.78 is 18.4. The van der Waals surface area contributed by atoms with Gasteiger partial charge in [0.05, 0.1) is 0 Å². The predicted molar refractivity (Wildman–Crippen MR) is 110 cm³/mol. The summed E-state index contributed by atoms with van der Waals surface area (Å²) in [7, 11) is 1.68. The molecule has 1 N–H and O–H groups in total. The first-order valence-corrected chi connectivity index (χ1v) is 9.72. The van der Waals surface area contributed by atoms with E-state index >= 15 is 0 Å². The summed E-state index contributed by atoms with van der Waals surface area (Å²) in [6, 6.07) is 13.7. The number of nitrogens with one attached hydrogen (secondary N) is 1. The number of hydrogen-bond acceptors (Lipinski definition) is 3. The van der Waals surface area contributed by atoms with Crippen LogP contribution in [0.5, 0.6) is 0 Å². The van der Waals surface area contributed by atoms with E-state index in [2.05, 4.69) is 5.32 Å². The van der Waals surface area contributed by atoms with E-state index in [1.807, 2.05) is 45.0 Å². The van der Waals surface area contributed by atoms with Crippen molar-refractivity contribution >= 4 is 17.7 Å². The van der Waals surface area contributed by atoms with Crippen molar-refractivity contribution in [3.63, 3.8) is 0 Å². The van der Waals surface area contributed by atoms with Crippen LogP contribution in [0.4, 0.5) is 14.9 Å². The topological polar surface area (TPSA) is 58.6 Å². The van der Waals surface area contributed by atoms with Crippen LogP contribution in [-0.2, 0) is 16.1 Å². The second kappa shape index (κ2) is 8.23. The van der Waals surface area contributed by atoms with Crippen LogP contribution < -0.4 is 5.32 Å². The van der Waals surface area contributed by atoms with Crippen LogP contribution in [-0.4, -0.2) is 29.5 Å². The lowest BCUT2D eigenvalue weighted by Gasteiger charge is -2.24. The van der Waals surface area contributed by atoms with Crippen molar-refractivity contribution in [2.24, 2.45) is 5.92 Å². The van der Waals surface area contributed by atoms with Gasteiger partial charge < -0.3 is 15.0 Å². The average molecular weight is 398 g/mol. The van der Waals surface area contributed by atoms with Crippen molar-refractivity contribution in [3.8, 4) is 0 Å². The number of nitrogens with zero attached hydrogens (tertiary/aromatic N) is 1. The first-order chi connectivity index (χ1) is 13.6. The third-order valence-corrected chi connectivity index (χ3v) is 4.74. The van der Waals surface area contributed by atoms with E-state index in [9.17, 15) is 14.0 Å². The molecule has 0 radical (unpaired) electrons. The summed E-state index contributed by atoms with van der Waals surface area (Å²) in [5.74, 6) is -0.286. The monoisotopic (exact) mass is 398 g/mol. The molecule has 1 aliphatic rings. The molecule has 29 heavy (non-hydrogen) atoms. The molecule has 1 aliphatic carbocycles. The Hall–Kier alpha value is -2.89. The van der Waals surface area contributed by atoms with Crippen molar-refractivity contribution in [1.82, 2.24) is 4.90 Å². The van der Waals surface area contributed by atoms with Crippen LogP contribution in [0.25, 0.3) is 0 Å². The van der Waals surface area contributed by atoms with Gasteiger partial charge in [-0.1, -0.05) is 24.3 Å². The number of carbonyl (C=O) groups excluding carboxylic acids is 2. The first kappa shape index (κ1) is 20.8. The Balaban J connectivity index is 1.56. The van der Waals surface area contributed by atoms with Crippen molar-refractivity contribution < 1.29 is 18.7 Å². The lowest BCUT2D eigenvalue weighted by atomic mass is 10.1. The second-order valence-electron chi connectivity index (χ2n) is 8.53. The molecule has 2 aromatic carbocycles. The molecule has 2 atom stereocenters. The number of carbonyl (C=O) groups is 2. The van der Waals surface area contributed by atoms with Gasteiger partial charge in [-0.15, -0.1) is 0 Å². The van der Waals surface area contributed by atoms with Crippen molar-refractivity contribution in [3.05, 3.63) is 65.5 Å². The van der Waals surface area contributed by atoms with E-state index in [-0.39, 0.29) is 23.6 Å². The predicted octanol–water partition coefficient (Wildman–Crippen LogP) is 4.93. The molecule has 154 valence electrons. The van der Waals surface area contributed by atoms with Crippen LogP contribution in [0.1, 0.15) is 44.2 Å². The minimum absolute atomic E-state index is 0.0445. The maximum atomic E-state index is 13.1. The molecular weight excluding hydrogens is 371 g/mol. The fraction of sp³-hybridized carbons (Fsp3) is 0.391. The first-order valence-electron chi connectivity index (χ1n) is 9.72. The molecule has 3 rings (SSSR count). The Kier molecular flexibility index (Phi) is 5.91. The normalized spacial score (nSPS) is 18.1. The van der Waals surface area contributed by atoms with E-state index in [4.69, 9.17) is 4.74 Å². The molecule has 2 aromatic rings. The van der Waals surface area contributed by atoms with Gasteiger partial charge >= 0.3 is 6.09 Å². The maximum absolute atomic E-state index is 13.1. The van der Waals surface area contributed by atoms with Crippen LogP contribution >= 0.6 is 0 Å². The van der Waals surface area contributed by atoms with E-state index in [0.717, 1.165) is 17.5 Å². The number of anilines is 1. The highest BCUT2D eigenvalue weighted by molar-refractivity contribution is 5.95. The summed E-state index contributed by atoms with van der Waals surface area (Å²) in [5, 5.41) is 2.95. The maximum Gasteiger partial charge on any atom is 0.410 e. The number of halogens is 1. The number of benzene rings is 2. The van der Waals surface area contributed by atoms with Crippen LogP contribution in [0.3, 0.4) is 0 Å². The largest absolute Gasteiger partial charge is 0.444 e. The average Bonchev–Trinajstić information content (AvgIpc) is 3.42. The molecule has 0 aliphatic heterocycles. The number of amides is 2. The quantitative estimate of drug-likeness (QED) is 0.776. The Bertz CT molecular complexity index is 890. The summed E-state index contributed by atoms with van der Waals surface area (Å²) in [6.45, 7) is 5.85. The molecule has 5 nitrogen and oxygen atoms in total. The fourth-order valence-corrected chi connectivity index (χ4v) is 3.22. The fourth-order valence-electron chi connectivity index (χ4n) is 3.22. The molecule has 6 heteroatoms. The van der Waals surface area contributed by atoms with Gasteiger partial charge in [0, 0.05) is 25.2 Å². The highest BCUT2D eigenvalue weighted by atomic mass is 19.1. The zero-order valence-electron chi connectivity index (χ0n) is 17.2. The lowest BCUT2D eigenvalue weighted by molar-refractivity contribution is -0.117. The second-order valence-corrected chi connectivity index (χ2v) is 8.53. The molecule has 0 spiro atoms. The molecule has 1 saturated carbocycles. The third kappa shape index (κ3) is 5.79. The molecule has 0 heterocycles. The Morgan fingerprint density at radius 2 is 1.86 bits per heavy atom. The molecule has 0 bridgehead atoms. The SMILES string of the molecule is CN(Cc1cccc(NC(=O)C2CC2c2ccc(F)cc2)c1)C(=O)OC(C)(C)C. The summed E-state index contributed by atoms with van der Waals surface area (Å²) >= 11 is 0. The third-order valence-electron chi connectivity index (χ3n) is 4.74. The molecule has 0 saturated heterocycles. The molecule has 0 aromatic heterocycles. The van der Waals surface area contributed by atoms with Gasteiger partial charge in [0.15, 0.2) is 0 Å². The Morgan fingerprint density at radius 3 is 2.52 bits per heavy atom. The molecule has 1 fully saturated rings. The Morgan fingerprint density at radius 1 is 1.17 bits per heavy atom. The van der Waals surface area contributed by atoms with Crippen molar-refractivity contribution in [2.75, 3.05) is 12.4 Å². The minimum atomic E-state index is -0.549. The van der Waals surface area contributed by atoms with Gasteiger partial charge in [-0.05, 0) is 68.5 Å². The zero-order valence-corrected chi connectivity index (χ0v) is 17.2. The Labute approximate surface area is 170 Å². The van der Waals surface area contributed by atoms with Crippen LogP contribution in [0.15, 0.2) is 48.5 Å². The smallest absolute Gasteiger partial charge is 0.410 e. The molecule has 2 amide bonds. The van der Waals surface area contributed by atoms with Gasteiger partial charge in [0.25, 0.3) is 0 Å². The van der Waals surface area contributed by atoms with Crippen LogP contribution in [0, 0.1) is 11.7 Å². The van der Waals surface area contributed by atoms with Gasteiger partial charge in [-0.3, -0.25) is 4.79 Å². The number of ether oxygens (including phenoxy) is 1. The standard InChI is InChI=1S/C23H27FN2O3/c1-23(2,3)29-22(28)26(4)14-15-6-5-7-18(12-15)25-21(27)20-13-19(20)16-8-10-17(24)11-9-16/h5-12,19-20H,13-14H2,1-4H3,(H,25,27). The highest BCUT2D eigenvalue weighted by Crippen LogP contribution is 2.48. The minimum Gasteiger partial charge on any atom is -0.444 e. The summed E-state index contributed by atoms with van der Waals surface area (Å²) in [6.07, 6.45) is 0.366. The van der Waals surface area contributed by atoms with E-state index in [1.54, 1.807) is 19.2 Å². The van der Waals surface area contributed by atoms with Crippen molar-refractivity contribution in [2.45, 2.75) is 45.3 Å². The number of hydrogen-bond donors (Lipinski definition) is 1. The van der Waals surface area contributed by atoms with E-state index in [1.165, 1.54) is 17.0 Å². The van der Waals surface area contributed by atoms with Gasteiger partial charge in [0.1, 0.15) is 11.4 Å². The highest BCUT2D eigenvalue weighted by Gasteiger charge is 2.43. The van der Waals surface area contributed by atoms with Gasteiger partial charge in [-0.25, -0.2) is 9.18 Å². The van der Waals surface area contributed by atoms with Crippen LogP contribution in [0.2, 0.25) is 0 Å². The zero-order chi connectivity index (χ0) is 21.2. The lowest BCUT2D eigenvalue weighted by Crippen LogP contribution is -2.33. The van der Waals surface area contributed by atoms with Crippen molar-refractivity contribution in [1.29, 1.82) is 0 Å². The molecule has 2 unspecified atom stereocenters. The van der Waals surface area contributed by atoms with E-state index in [0.29, 0.717) is 12.2 Å². The van der Waals surface area contributed by atoms with Gasteiger partial charge in [-0.2, -0.15) is 0 Å².